The standard InChI is InChI=1S/C8H5F13O/c9-3(10,1-2-22)4(11,12)5(13,14)6(15,16)7(17,18)8(19,20)21/h22H,1-2H2/i1+1,2+1. The molecule has 1 N–H and O–H groups in total. The van der Waals surface area contributed by atoms with Crippen molar-refractivity contribution >= 4 is 0 Å². The fraction of sp³-hybridized carbons (Fsp3) is 1.00. The summed E-state index contributed by atoms with van der Waals surface area (Å²) in [7, 11) is 0. The Morgan fingerprint density at radius 1 is 0.500 bits per heavy atom. The van der Waals surface area contributed by atoms with Crippen molar-refractivity contribution in [2.45, 2.75) is 42.2 Å². The maximum atomic E-state index is 12.8. The summed E-state index contributed by atoms with van der Waals surface area (Å²) in [6.45, 7) is -1.96. The van der Waals surface area contributed by atoms with Crippen LogP contribution in [0.2, 0.25) is 0 Å². The topological polar surface area (TPSA) is 20.2 Å². The molecule has 22 heavy (non-hydrogen) atoms. The highest BCUT2D eigenvalue weighted by Gasteiger charge is 2.90. The number of halogens is 13. The molecule has 14 heteroatoms. The first-order valence-electron chi connectivity index (χ1n) is 4.88. The van der Waals surface area contributed by atoms with Crippen LogP contribution in [-0.4, -0.2) is 47.5 Å². The summed E-state index contributed by atoms with van der Waals surface area (Å²) in [6, 6.07) is 0. The molecule has 0 fully saturated rings. The number of rotatable bonds is 6. The minimum atomic E-state index is -7.89. The van der Waals surface area contributed by atoms with Crippen LogP contribution in [0.15, 0.2) is 0 Å². The van der Waals surface area contributed by atoms with Crippen LogP contribution in [0, 0.1) is 0 Å². The van der Waals surface area contributed by atoms with Crippen molar-refractivity contribution in [3.63, 3.8) is 0 Å². The Morgan fingerprint density at radius 2 is 0.818 bits per heavy atom. The van der Waals surface area contributed by atoms with Crippen molar-refractivity contribution in [3.8, 4) is 0 Å². The van der Waals surface area contributed by atoms with Crippen molar-refractivity contribution in [2.75, 3.05) is 6.61 Å². The van der Waals surface area contributed by atoms with Crippen LogP contribution < -0.4 is 0 Å². The quantitative estimate of drug-likeness (QED) is 0.554. The van der Waals surface area contributed by atoms with Gasteiger partial charge in [0.1, 0.15) is 0 Å². The summed E-state index contributed by atoms with van der Waals surface area (Å²) in [4.78, 5) is 0. The number of aliphatic hydroxyl groups is 1. The van der Waals surface area contributed by atoms with Gasteiger partial charge >= 0.3 is 35.8 Å². The molecule has 0 radical (unpaired) electrons. The molecule has 0 atom stereocenters. The van der Waals surface area contributed by atoms with Crippen molar-refractivity contribution in [1.82, 2.24) is 0 Å². The van der Waals surface area contributed by atoms with E-state index in [0.29, 0.717) is 0 Å². The average Bonchev–Trinajstić information content (AvgIpc) is 2.26. The van der Waals surface area contributed by atoms with E-state index >= 15 is 0 Å². The summed E-state index contributed by atoms with van der Waals surface area (Å²) in [5.41, 5.74) is 0. The van der Waals surface area contributed by atoms with E-state index < -0.39 is 48.8 Å². The molecule has 0 bridgehead atoms. The second-order valence-corrected chi connectivity index (χ2v) is 3.97. The highest BCUT2D eigenvalue weighted by Crippen LogP contribution is 2.60. The summed E-state index contributed by atoms with van der Waals surface area (Å²) >= 11 is 0. The fourth-order valence-electron chi connectivity index (χ4n) is 1.10. The van der Waals surface area contributed by atoms with Crippen molar-refractivity contribution in [2.24, 2.45) is 0 Å². The second-order valence-electron chi connectivity index (χ2n) is 3.97. The van der Waals surface area contributed by atoms with Crippen LogP contribution in [0.4, 0.5) is 57.1 Å². The fourth-order valence-corrected chi connectivity index (χ4v) is 1.10. The van der Waals surface area contributed by atoms with Gasteiger partial charge in [0.25, 0.3) is 0 Å². The molecule has 0 aromatic carbocycles. The van der Waals surface area contributed by atoms with Gasteiger partial charge in [0.05, 0.1) is 0 Å². The molecule has 134 valence electrons. The molecule has 0 saturated carbocycles. The second kappa shape index (κ2) is 5.30. The lowest BCUT2D eigenvalue weighted by Gasteiger charge is -2.39. The largest absolute Gasteiger partial charge is 0.460 e. The maximum absolute atomic E-state index is 12.8. The van der Waals surface area contributed by atoms with Gasteiger partial charge in [-0.15, -0.1) is 0 Å². The predicted octanol–water partition coefficient (Wildman–Crippen LogP) is 4.11. The van der Waals surface area contributed by atoms with Crippen LogP contribution >= 0.6 is 0 Å². The molecule has 0 aromatic rings. The van der Waals surface area contributed by atoms with E-state index in [2.05, 4.69) is 0 Å². The van der Waals surface area contributed by atoms with Gasteiger partial charge in [-0.25, -0.2) is 0 Å². The maximum Gasteiger partial charge on any atom is 0.460 e. The van der Waals surface area contributed by atoms with Crippen LogP contribution in [0.5, 0.6) is 0 Å². The van der Waals surface area contributed by atoms with Crippen molar-refractivity contribution < 1.29 is 62.2 Å². The molecule has 0 heterocycles. The third kappa shape index (κ3) is 2.69. The first kappa shape index (κ1) is 21.0. The van der Waals surface area contributed by atoms with E-state index in [1.54, 1.807) is 0 Å². The molecular weight excluding hydrogens is 361 g/mol. The van der Waals surface area contributed by atoms with Crippen LogP contribution in [0.3, 0.4) is 0 Å². The van der Waals surface area contributed by atoms with E-state index in [-0.39, 0.29) is 0 Å². The van der Waals surface area contributed by atoms with Crippen LogP contribution in [0.25, 0.3) is 0 Å². The molecular formula is C8H5F13O. The lowest BCUT2D eigenvalue weighted by molar-refractivity contribution is -0.440. The van der Waals surface area contributed by atoms with E-state index in [4.69, 9.17) is 5.11 Å². The third-order valence-corrected chi connectivity index (χ3v) is 2.42. The van der Waals surface area contributed by atoms with Crippen molar-refractivity contribution in [3.05, 3.63) is 0 Å². The number of alkyl halides is 13. The first-order valence-corrected chi connectivity index (χ1v) is 4.88. The van der Waals surface area contributed by atoms with E-state index in [9.17, 15) is 57.1 Å². The Labute approximate surface area is 112 Å². The normalized spacial score (nSPS) is 16.1. The Hall–Kier alpha value is -0.950. The van der Waals surface area contributed by atoms with Gasteiger partial charge in [-0.2, -0.15) is 57.1 Å². The Kier molecular flexibility index (Phi) is 5.07. The Bertz CT molecular complexity index is 395. The smallest absolute Gasteiger partial charge is 0.396 e. The van der Waals surface area contributed by atoms with Gasteiger partial charge in [0.15, 0.2) is 0 Å². The lowest BCUT2D eigenvalue weighted by atomic mass is 9.96. The van der Waals surface area contributed by atoms with Gasteiger partial charge in [-0.3, -0.25) is 0 Å². The number of hydrogen-bond acceptors (Lipinski definition) is 1. The summed E-state index contributed by atoms with van der Waals surface area (Å²) in [6.07, 6.45) is -9.99. The highest BCUT2D eigenvalue weighted by atomic mass is 19.4. The first-order chi connectivity index (χ1) is 9.31. The van der Waals surface area contributed by atoms with E-state index in [0.717, 1.165) is 0 Å². The van der Waals surface area contributed by atoms with Gasteiger partial charge < -0.3 is 5.11 Å². The molecule has 0 aliphatic rings. The highest BCUT2D eigenvalue weighted by molar-refractivity contribution is 5.10. The van der Waals surface area contributed by atoms with Crippen molar-refractivity contribution in [1.29, 1.82) is 0 Å². The van der Waals surface area contributed by atoms with Gasteiger partial charge in [-0.05, 0) is 0 Å². The van der Waals surface area contributed by atoms with Gasteiger partial charge in [0, 0.05) is 13.0 Å². The average molecular weight is 366 g/mol. The minimum absolute atomic E-state index is 1.96. The molecule has 0 aliphatic heterocycles. The zero-order valence-electron chi connectivity index (χ0n) is 9.77. The number of hydrogen-bond donors (Lipinski definition) is 1. The lowest BCUT2D eigenvalue weighted by Crippen LogP contribution is -2.70. The van der Waals surface area contributed by atoms with Gasteiger partial charge in [0.2, 0.25) is 0 Å². The SMILES string of the molecule is O[13CH2][13CH2]C(F)(F)C(F)(F)C(F)(F)C(F)(F)C(F)(F)C(F)(F)F. The minimum Gasteiger partial charge on any atom is -0.396 e. The molecule has 0 aliphatic carbocycles. The molecule has 0 rings (SSSR count). The van der Waals surface area contributed by atoms with Crippen LogP contribution in [0.1, 0.15) is 6.42 Å². The van der Waals surface area contributed by atoms with Gasteiger partial charge in [-0.1, -0.05) is 0 Å². The Morgan fingerprint density at radius 3 is 1.09 bits per heavy atom. The summed E-state index contributed by atoms with van der Waals surface area (Å²) in [5, 5.41) is 7.95. The molecule has 0 saturated heterocycles. The molecule has 0 aromatic heterocycles. The molecule has 0 amide bonds. The number of aliphatic hydroxyl groups excluding tert-OH is 1. The molecule has 1 nitrogen and oxygen atoms in total. The van der Waals surface area contributed by atoms with E-state index in [1.165, 1.54) is 0 Å². The van der Waals surface area contributed by atoms with Crippen LogP contribution in [-0.2, 0) is 0 Å². The predicted molar refractivity (Wildman–Crippen MR) is 42.5 cm³/mol. The zero-order chi connectivity index (χ0) is 18.4. The monoisotopic (exact) mass is 366 g/mol. The third-order valence-electron chi connectivity index (χ3n) is 2.42. The summed E-state index contributed by atoms with van der Waals surface area (Å²) < 4.78 is 161. The summed E-state index contributed by atoms with van der Waals surface area (Å²) in [5.74, 6) is -36.9. The molecule has 0 unspecified atom stereocenters. The Balaban J connectivity index is 6.11. The molecule has 0 spiro atoms. The zero-order valence-corrected chi connectivity index (χ0v) is 9.77. The van der Waals surface area contributed by atoms with E-state index in [1.807, 2.05) is 0 Å².